The fraction of sp³-hybridized carbons (Fsp3) is 0.222. The number of halogens is 2. The van der Waals surface area contributed by atoms with E-state index >= 15 is 0 Å². The first-order chi connectivity index (χ1) is 13.5. The average molecular weight is 391 g/mol. The van der Waals surface area contributed by atoms with Gasteiger partial charge in [0.2, 0.25) is 0 Å². The number of rotatable bonds is 7. The monoisotopic (exact) mass is 391 g/mol. The molecule has 2 aromatic carbocycles. The van der Waals surface area contributed by atoms with E-state index in [1.54, 1.807) is 31.2 Å². The molecule has 0 radical (unpaired) electrons. The van der Waals surface area contributed by atoms with E-state index in [0.29, 0.717) is 10.9 Å². The lowest BCUT2D eigenvalue weighted by atomic mass is 10.2. The Balaban J connectivity index is 1.77. The van der Waals surface area contributed by atoms with E-state index in [1.807, 2.05) is 0 Å². The van der Waals surface area contributed by atoms with Gasteiger partial charge >= 0.3 is 12.6 Å². The van der Waals surface area contributed by atoms with Gasteiger partial charge in [-0.3, -0.25) is 4.79 Å². The third kappa shape index (κ3) is 4.22. The summed E-state index contributed by atoms with van der Waals surface area (Å²) in [6.07, 6.45) is 0. The number of ether oxygens (including phenoxy) is 3. The van der Waals surface area contributed by atoms with Gasteiger partial charge in [-0.1, -0.05) is 17.3 Å². The van der Waals surface area contributed by atoms with Crippen LogP contribution >= 0.6 is 0 Å². The molecule has 0 bridgehead atoms. The van der Waals surface area contributed by atoms with E-state index in [4.69, 9.17) is 9.47 Å². The number of nitrogens with zero attached hydrogens (tertiary/aromatic N) is 3. The minimum Gasteiger partial charge on any atom is -0.490 e. The summed E-state index contributed by atoms with van der Waals surface area (Å²) in [6, 6.07) is 10.3. The molecule has 0 saturated carbocycles. The molecule has 0 atom stereocenters. The summed E-state index contributed by atoms with van der Waals surface area (Å²) >= 11 is 0. The molecule has 0 spiro atoms. The molecule has 0 aliphatic rings. The van der Waals surface area contributed by atoms with Crippen molar-refractivity contribution >= 4 is 16.9 Å². The van der Waals surface area contributed by atoms with E-state index in [2.05, 4.69) is 15.0 Å². The molecule has 3 aromatic rings. The van der Waals surface area contributed by atoms with Crippen LogP contribution in [0.25, 0.3) is 10.9 Å². The number of fused-ring (bicyclic) bond motifs is 1. The zero-order chi connectivity index (χ0) is 20.1. The average Bonchev–Trinajstić information content (AvgIpc) is 2.68. The lowest BCUT2D eigenvalue weighted by Crippen LogP contribution is -2.26. The summed E-state index contributed by atoms with van der Waals surface area (Å²) < 4.78 is 40.4. The fourth-order valence-corrected chi connectivity index (χ4v) is 2.41. The van der Waals surface area contributed by atoms with Crippen molar-refractivity contribution in [3.8, 4) is 11.5 Å². The summed E-state index contributed by atoms with van der Waals surface area (Å²) in [7, 11) is 0. The Hall–Kier alpha value is -3.56. The van der Waals surface area contributed by atoms with Crippen molar-refractivity contribution in [1.82, 2.24) is 15.0 Å². The van der Waals surface area contributed by atoms with Gasteiger partial charge in [0.1, 0.15) is 5.52 Å². The molecule has 0 N–H and O–H groups in total. The second-order valence-electron chi connectivity index (χ2n) is 5.45. The highest BCUT2D eigenvalue weighted by molar-refractivity contribution is 5.90. The molecule has 28 heavy (non-hydrogen) atoms. The first-order valence-corrected chi connectivity index (χ1v) is 8.21. The third-order valence-corrected chi connectivity index (χ3v) is 3.64. The number of hydrogen-bond acceptors (Lipinski definition) is 7. The maximum Gasteiger partial charge on any atom is 0.387 e. The minimum atomic E-state index is -3.03. The van der Waals surface area contributed by atoms with Crippen molar-refractivity contribution in [3.63, 3.8) is 0 Å². The SMILES string of the molecule is CCOc1cc(C(=O)OCn2nnc3ccccc3c2=O)ccc1OC(F)F. The Morgan fingerprint density at radius 2 is 1.96 bits per heavy atom. The fourth-order valence-electron chi connectivity index (χ4n) is 2.41. The van der Waals surface area contributed by atoms with Crippen molar-refractivity contribution < 1.29 is 27.8 Å². The second-order valence-corrected chi connectivity index (χ2v) is 5.45. The molecule has 146 valence electrons. The Kier molecular flexibility index (Phi) is 5.78. The summed E-state index contributed by atoms with van der Waals surface area (Å²) in [5.41, 5.74) is -0.00741. The van der Waals surface area contributed by atoms with Crippen LogP contribution in [0.5, 0.6) is 11.5 Å². The van der Waals surface area contributed by atoms with Crippen LogP contribution in [0.4, 0.5) is 8.78 Å². The summed E-state index contributed by atoms with van der Waals surface area (Å²) in [4.78, 5) is 24.6. The third-order valence-electron chi connectivity index (χ3n) is 3.64. The topological polar surface area (TPSA) is 92.5 Å². The molecule has 1 aromatic heterocycles. The molecule has 10 heteroatoms. The molecule has 8 nitrogen and oxygen atoms in total. The first-order valence-electron chi connectivity index (χ1n) is 8.21. The maximum absolute atomic E-state index is 12.4. The van der Waals surface area contributed by atoms with Crippen molar-refractivity contribution in [3.05, 3.63) is 58.4 Å². The maximum atomic E-state index is 12.4. The highest BCUT2D eigenvalue weighted by atomic mass is 19.3. The number of alkyl halides is 2. The van der Waals surface area contributed by atoms with E-state index in [0.717, 1.165) is 4.68 Å². The summed E-state index contributed by atoms with van der Waals surface area (Å²) in [5, 5.41) is 7.93. The quantitative estimate of drug-likeness (QED) is 0.572. The van der Waals surface area contributed by atoms with Gasteiger partial charge in [-0.05, 0) is 37.3 Å². The number of benzene rings is 2. The van der Waals surface area contributed by atoms with Crippen LogP contribution in [0.15, 0.2) is 47.3 Å². The highest BCUT2D eigenvalue weighted by Crippen LogP contribution is 2.30. The normalized spacial score (nSPS) is 10.9. The van der Waals surface area contributed by atoms with Crippen molar-refractivity contribution in [1.29, 1.82) is 0 Å². The van der Waals surface area contributed by atoms with Crippen LogP contribution in [0.2, 0.25) is 0 Å². The Labute approximate surface area is 157 Å². The van der Waals surface area contributed by atoms with Crippen LogP contribution in [0, 0.1) is 0 Å². The molecule has 0 amide bonds. The van der Waals surface area contributed by atoms with Gasteiger partial charge in [0.25, 0.3) is 5.56 Å². The highest BCUT2D eigenvalue weighted by Gasteiger charge is 2.16. The van der Waals surface area contributed by atoms with Crippen molar-refractivity contribution in [2.75, 3.05) is 6.61 Å². The van der Waals surface area contributed by atoms with Crippen molar-refractivity contribution in [2.24, 2.45) is 0 Å². The standard InChI is InChI=1S/C18H15F2N3O5/c1-2-26-15-9-11(7-8-14(15)28-18(19)20)17(25)27-10-23-16(24)12-5-3-4-6-13(12)21-22-23/h3-9,18H,2,10H2,1H3. The van der Waals surface area contributed by atoms with Crippen LogP contribution in [0.1, 0.15) is 17.3 Å². The van der Waals surface area contributed by atoms with Gasteiger partial charge in [-0.2, -0.15) is 13.5 Å². The Bertz CT molecular complexity index is 1050. The van der Waals surface area contributed by atoms with Gasteiger partial charge in [-0.15, -0.1) is 5.10 Å². The molecular weight excluding hydrogens is 376 g/mol. The van der Waals surface area contributed by atoms with Crippen molar-refractivity contribution in [2.45, 2.75) is 20.3 Å². The lowest BCUT2D eigenvalue weighted by molar-refractivity contribution is -0.0514. The van der Waals surface area contributed by atoms with Crippen LogP contribution in [0.3, 0.4) is 0 Å². The molecular formula is C18H15F2N3O5. The molecule has 0 unspecified atom stereocenters. The number of carbonyl (C=O) groups is 1. The Morgan fingerprint density at radius 1 is 1.18 bits per heavy atom. The summed E-state index contributed by atoms with van der Waals surface area (Å²) in [6.45, 7) is -1.66. The van der Waals surface area contributed by atoms with E-state index in [9.17, 15) is 18.4 Å². The van der Waals surface area contributed by atoms with E-state index < -0.39 is 24.9 Å². The summed E-state index contributed by atoms with van der Waals surface area (Å²) in [5.74, 6) is -1.03. The van der Waals surface area contributed by atoms with Crippen LogP contribution in [-0.4, -0.2) is 34.2 Å². The zero-order valence-electron chi connectivity index (χ0n) is 14.7. The number of aromatic nitrogens is 3. The van der Waals surface area contributed by atoms with Gasteiger partial charge in [0.15, 0.2) is 18.2 Å². The first kappa shape index (κ1) is 19.2. The second kappa shape index (κ2) is 8.42. The number of esters is 1. The Morgan fingerprint density at radius 3 is 2.71 bits per heavy atom. The van der Waals surface area contributed by atoms with E-state index in [-0.39, 0.29) is 23.7 Å². The molecule has 3 rings (SSSR count). The molecule has 0 aliphatic heterocycles. The van der Waals surface area contributed by atoms with Gasteiger partial charge < -0.3 is 14.2 Å². The minimum absolute atomic E-state index is 0.0279. The number of carbonyl (C=O) groups excluding carboxylic acids is 1. The largest absolute Gasteiger partial charge is 0.490 e. The number of hydrogen-bond donors (Lipinski definition) is 0. The molecule has 1 heterocycles. The van der Waals surface area contributed by atoms with E-state index in [1.165, 1.54) is 18.2 Å². The molecule has 0 aliphatic carbocycles. The smallest absolute Gasteiger partial charge is 0.387 e. The van der Waals surface area contributed by atoms with Gasteiger partial charge in [-0.25, -0.2) is 4.79 Å². The van der Waals surface area contributed by atoms with Gasteiger partial charge in [0, 0.05) is 0 Å². The molecule has 0 fully saturated rings. The van der Waals surface area contributed by atoms with Crippen LogP contribution in [-0.2, 0) is 11.5 Å². The lowest BCUT2D eigenvalue weighted by Gasteiger charge is -2.12. The predicted molar refractivity (Wildman–Crippen MR) is 93.5 cm³/mol. The van der Waals surface area contributed by atoms with Gasteiger partial charge in [0.05, 0.1) is 17.6 Å². The zero-order valence-corrected chi connectivity index (χ0v) is 14.7. The predicted octanol–water partition coefficient (Wildman–Crippen LogP) is 2.61. The molecule has 0 saturated heterocycles. The van der Waals surface area contributed by atoms with Crippen LogP contribution < -0.4 is 15.0 Å².